The number of rotatable bonds is 4. The highest BCUT2D eigenvalue weighted by Gasteiger charge is 2.21. The molecule has 2 nitrogen and oxygen atoms in total. The lowest BCUT2D eigenvalue weighted by Crippen LogP contribution is -2.21. The predicted molar refractivity (Wildman–Crippen MR) is 78.5 cm³/mol. The Morgan fingerprint density at radius 3 is 3.11 bits per heavy atom. The Labute approximate surface area is 116 Å². The van der Waals surface area contributed by atoms with Crippen LogP contribution in [0, 0.1) is 6.92 Å². The fraction of sp³-hybridized carbons (Fsp3) is 0.357. The van der Waals surface area contributed by atoms with Gasteiger partial charge in [0.1, 0.15) is 0 Å². The second-order valence-electron chi connectivity index (χ2n) is 4.53. The summed E-state index contributed by atoms with van der Waals surface area (Å²) in [7, 11) is 0. The van der Waals surface area contributed by atoms with Crippen LogP contribution in [0.3, 0.4) is 0 Å². The Morgan fingerprint density at radius 1 is 1.39 bits per heavy atom. The number of thiazole rings is 1. The molecule has 0 aliphatic carbocycles. The minimum Gasteiger partial charge on any atom is -0.310 e. The molecular formula is C14H16N2S2. The molecule has 0 bridgehead atoms. The zero-order valence-electron chi connectivity index (χ0n) is 10.3. The van der Waals surface area contributed by atoms with E-state index in [9.17, 15) is 0 Å². The van der Waals surface area contributed by atoms with Gasteiger partial charge < -0.3 is 5.32 Å². The Bertz CT molecular complexity index is 536. The van der Waals surface area contributed by atoms with Crippen molar-refractivity contribution in [3.05, 3.63) is 45.9 Å². The van der Waals surface area contributed by atoms with Crippen molar-refractivity contribution < 1.29 is 0 Å². The molecule has 0 saturated carbocycles. The van der Waals surface area contributed by atoms with Crippen molar-refractivity contribution in [2.45, 2.75) is 24.3 Å². The van der Waals surface area contributed by atoms with E-state index >= 15 is 0 Å². The molecule has 0 fully saturated rings. The van der Waals surface area contributed by atoms with E-state index in [1.165, 1.54) is 16.2 Å². The van der Waals surface area contributed by atoms with Crippen LogP contribution < -0.4 is 5.32 Å². The van der Waals surface area contributed by atoms with E-state index < -0.39 is 0 Å². The molecule has 1 unspecified atom stereocenters. The summed E-state index contributed by atoms with van der Waals surface area (Å²) in [5, 5.41) is 6.81. The van der Waals surface area contributed by atoms with Crippen LogP contribution in [0.1, 0.15) is 22.2 Å². The maximum Gasteiger partial charge on any atom is 0.0897 e. The van der Waals surface area contributed by atoms with Gasteiger partial charge >= 0.3 is 0 Å². The second-order valence-corrected chi connectivity index (χ2v) is 6.66. The zero-order valence-corrected chi connectivity index (χ0v) is 12.0. The third-order valence-electron chi connectivity index (χ3n) is 3.16. The summed E-state index contributed by atoms with van der Waals surface area (Å²) in [6, 6.07) is 8.75. The number of benzene rings is 1. The minimum atomic E-state index is 0.644. The second kappa shape index (κ2) is 5.43. The average molecular weight is 276 g/mol. The number of hydrogen-bond donors (Lipinski definition) is 1. The van der Waals surface area contributed by atoms with Gasteiger partial charge in [-0.05, 0) is 18.6 Å². The van der Waals surface area contributed by atoms with Crippen LogP contribution in [0.25, 0.3) is 0 Å². The van der Waals surface area contributed by atoms with E-state index in [-0.39, 0.29) is 0 Å². The van der Waals surface area contributed by atoms with Gasteiger partial charge in [0, 0.05) is 35.0 Å². The first-order valence-corrected chi connectivity index (χ1v) is 8.03. The third kappa shape index (κ3) is 2.60. The third-order valence-corrected chi connectivity index (χ3v) is 5.24. The van der Waals surface area contributed by atoms with Crippen LogP contribution in [-0.2, 0) is 6.54 Å². The first kappa shape index (κ1) is 12.2. The van der Waals surface area contributed by atoms with Gasteiger partial charge in [0.2, 0.25) is 0 Å². The number of nitrogens with one attached hydrogen (secondary N) is 1. The normalized spacial score (nSPS) is 17.9. The monoisotopic (exact) mass is 276 g/mol. The molecule has 94 valence electrons. The van der Waals surface area contributed by atoms with E-state index in [2.05, 4.69) is 46.9 Å². The van der Waals surface area contributed by atoms with Gasteiger partial charge in [-0.1, -0.05) is 18.2 Å². The van der Waals surface area contributed by atoms with Crippen LogP contribution in [-0.4, -0.2) is 17.3 Å². The van der Waals surface area contributed by atoms with Gasteiger partial charge in [0.15, 0.2) is 0 Å². The van der Waals surface area contributed by atoms with Crippen molar-refractivity contribution in [3.63, 3.8) is 0 Å². The number of aromatic nitrogens is 1. The fourth-order valence-corrected chi connectivity index (χ4v) is 4.13. The molecular weight excluding hydrogens is 260 g/mol. The Hall–Kier alpha value is -0.840. The van der Waals surface area contributed by atoms with E-state index in [0.717, 1.165) is 23.8 Å². The molecule has 1 aromatic heterocycles. The van der Waals surface area contributed by atoms with Crippen molar-refractivity contribution in [1.29, 1.82) is 0 Å². The maximum absolute atomic E-state index is 4.47. The van der Waals surface area contributed by atoms with Gasteiger partial charge in [-0.25, -0.2) is 4.98 Å². The number of thioether (sulfide) groups is 1. The molecule has 18 heavy (non-hydrogen) atoms. The van der Waals surface area contributed by atoms with Crippen LogP contribution in [0.15, 0.2) is 34.5 Å². The van der Waals surface area contributed by atoms with Gasteiger partial charge in [-0.15, -0.1) is 23.1 Å². The molecule has 1 aromatic carbocycles. The molecule has 0 amide bonds. The van der Waals surface area contributed by atoms with E-state index in [1.54, 1.807) is 11.3 Å². The lowest BCUT2D eigenvalue weighted by molar-refractivity contribution is 0.615. The molecule has 0 radical (unpaired) electrons. The summed E-state index contributed by atoms with van der Waals surface area (Å²) in [4.78, 5) is 5.92. The highest BCUT2D eigenvalue weighted by atomic mass is 32.2. The summed E-state index contributed by atoms with van der Waals surface area (Å²) in [6.45, 7) is 3.98. The van der Waals surface area contributed by atoms with Crippen molar-refractivity contribution in [1.82, 2.24) is 10.3 Å². The van der Waals surface area contributed by atoms with E-state index in [0.29, 0.717) is 5.92 Å². The molecule has 1 atom stereocenters. The first-order valence-electron chi connectivity index (χ1n) is 6.16. The summed E-state index contributed by atoms with van der Waals surface area (Å²) in [5.74, 6) is 1.84. The van der Waals surface area contributed by atoms with Gasteiger partial charge in [0.25, 0.3) is 0 Å². The van der Waals surface area contributed by atoms with E-state index in [1.807, 2.05) is 11.8 Å². The minimum absolute atomic E-state index is 0.644. The summed E-state index contributed by atoms with van der Waals surface area (Å²) < 4.78 is 0. The molecule has 1 aliphatic heterocycles. The highest BCUT2D eigenvalue weighted by molar-refractivity contribution is 7.99. The van der Waals surface area contributed by atoms with Crippen LogP contribution in [0.4, 0.5) is 0 Å². The maximum atomic E-state index is 4.47. The number of hydrogen-bond acceptors (Lipinski definition) is 4. The zero-order chi connectivity index (χ0) is 12.4. The molecule has 1 aliphatic rings. The smallest absolute Gasteiger partial charge is 0.0897 e. The molecule has 2 heterocycles. The van der Waals surface area contributed by atoms with Crippen molar-refractivity contribution in [2.24, 2.45) is 0 Å². The predicted octanol–water partition coefficient (Wildman–Crippen LogP) is 3.43. The molecule has 0 spiro atoms. The SMILES string of the molecule is Cc1nc(CNCC2CSc3ccccc32)cs1. The standard InChI is InChI=1S/C14H16N2S2/c1-10-16-12(9-17-10)7-15-6-11-8-18-14-5-3-2-4-13(11)14/h2-5,9,11,15H,6-8H2,1H3. The Morgan fingerprint density at radius 2 is 2.28 bits per heavy atom. The van der Waals surface area contributed by atoms with E-state index in [4.69, 9.17) is 0 Å². The van der Waals surface area contributed by atoms with Gasteiger partial charge in [-0.2, -0.15) is 0 Å². The average Bonchev–Trinajstić information content (AvgIpc) is 2.97. The highest BCUT2D eigenvalue weighted by Crippen LogP contribution is 2.38. The topological polar surface area (TPSA) is 24.9 Å². The number of aryl methyl sites for hydroxylation is 1. The van der Waals surface area contributed by atoms with Crippen molar-refractivity contribution in [2.75, 3.05) is 12.3 Å². The van der Waals surface area contributed by atoms with Gasteiger partial charge in [0.05, 0.1) is 10.7 Å². The molecule has 4 heteroatoms. The Kier molecular flexibility index (Phi) is 3.68. The summed E-state index contributed by atoms with van der Waals surface area (Å²) in [6.07, 6.45) is 0. The number of fused-ring (bicyclic) bond motifs is 1. The van der Waals surface area contributed by atoms with Crippen LogP contribution in [0.2, 0.25) is 0 Å². The van der Waals surface area contributed by atoms with Crippen molar-refractivity contribution in [3.8, 4) is 0 Å². The Balaban J connectivity index is 1.56. The first-order chi connectivity index (χ1) is 8.83. The molecule has 0 saturated heterocycles. The fourth-order valence-electron chi connectivity index (χ4n) is 2.26. The van der Waals surface area contributed by atoms with Crippen LogP contribution >= 0.6 is 23.1 Å². The summed E-state index contributed by atoms with van der Waals surface area (Å²) in [5.41, 5.74) is 2.67. The van der Waals surface area contributed by atoms with Gasteiger partial charge in [-0.3, -0.25) is 0 Å². The lowest BCUT2D eigenvalue weighted by Gasteiger charge is -2.11. The lowest BCUT2D eigenvalue weighted by atomic mass is 10.0. The summed E-state index contributed by atoms with van der Waals surface area (Å²) >= 11 is 3.69. The molecule has 1 N–H and O–H groups in total. The molecule has 2 aromatic rings. The largest absolute Gasteiger partial charge is 0.310 e. The quantitative estimate of drug-likeness (QED) is 0.926. The van der Waals surface area contributed by atoms with Crippen molar-refractivity contribution >= 4 is 23.1 Å². The number of nitrogens with zero attached hydrogens (tertiary/aromatic N) is 1. The van der Waals surface area contributed by atoms with Crippen LogP contribution in [0.5, 0.6) is 0 Å². The molecule has 3 rings (SSSR count).